The Labute approximate surface area is 124 Å². The molecule has 2 rings (SSSR count). The van der Waals surface area contributed by atoms with Crippen molar-refractivity contribution in [3.05, 3.63) is 28.3 Å². The highest BCUT2D eigenvalue weighted by Gasteiger charge is 2.20. The van der Waals surface area contributed by atoms with Gasteiger partial charge in [0, 0.05) is 6.54 Å². The standard InChI is InChI=1S/C15H22N2O4/c1-2-20-14-9-5-8-13(15(14)17(18)19)16-10-11-21-12-6-3-4-7-12/h5,8-9,12,16H,2-4,6-7,10-11H2,1H3. The fraction of sp³-hybridized carbons (Fsp3) is 0.600. The molecule has 1 N–H and O–H groups in total. The predicted molar refractivity (Wildman–Crippen MR) is 81.0 cm³/mol. The lowest BCUT2D eigenvalue weighted by Gasteiger charge is -2.13. The molecule has 0 saturated heterocycles. The van der Waals surface area contributed by atoms with E-state index in [4.69, 9.17) is 9.47 Å². The molecule has 1 aliphatic rings. The summed E-state index contributed by atoms with van der Waals surface area (Å²) in [6, 6.07) is 5.05. The van der Waals surface area contributed by atoms with Crippen molar-refractivity contribution in [2.45, 2.75) is 38.7 Å². The van der Waals surface area contributed by atoms with Gasteiger partial charge in [0.2, 0.25) is 0 Å². The number of hydrogen-bond donors (Lipinski definition) is 1. The third-order valence-electron chi connectivity index (χ3n) is 3.55. The summed E-state index contributed by atoms with van der Waals surface area (Å²) < 4.78 is 11.1. The molecule has 0 atom stereocenters. The molecule has 6 heteroatoms. The Hall–Kier alpha value is -1.82. The molecule has 1 fully saturated rings. The molecule has 0 heterocycles. The molecule has 0 bridgehead atoms. The lowest BCUT2D eigenvalue weighted by molar-refractivity contribution is -0.384. The van der Waals surface area contributed by atoms with Crippen LogP contribution in [0.3, 0.4) is 0 Å². The van der Waals surface area contributed by atoms with Crippen LogP contribution in [0.5, 0.6) is 5.75 Å². The van der Waals surface area contributed by atoms with Gasteiger partial charge < -0.3 is 14.8 Å². The molecule has 0 aromatic heterocycles. The molecule has 0 aliphatic heterocycles. The summed E-state index contributed by atoms with van der Waals surface area (Å²) in [5.74, 6) is 0.296. The first-order valence-electron chi connectivity index (χ1n) is 7.48. The molecule has 6 nitrogen and oxygen atoms in total. The number of benzene rings is 1. The van der Waals surface area contributed by atoms with Gasteiger partial charge in [-0.2, -0.15) is 0 Å². The topological polar surface area (TPSA) is 73.6 Å². The van der Waals surface area contributed by atoms with E-state index in [-0.39, 0.29) is 5.69 Å². The van der Waals surface area contributed by atoms with Crippen LogP contribution in [0.25, 0.3) is 0 Å². The maximum atomic E-state index is 11.2. The van der Waals surface area contributed by atoms with Gasteiger partial charge in [0.05, 0.1) is 24.2 Å². The van der Waals surface area contributed by atoms with Crippen molar-refractivity contribution in [3.8, 4) is 5.75 Å². The summed E-state index contributed by atoms with van der Waals surface area (Å²) in [7, 11) is 0. The van der Waals surface area contributed by atoms with Gasteiger partial charge in [0.15, 0.2) is 5.75 Å². The Kier molecular flexibility index (Phi) is 5.80. The van der Waals surface area contributed by atoms with Crippen LogP contribution in [0.15, 0.2) is 18.2 Å². The van der Waals surface area contributed by atoms with E-state index < -0.39 is 4.92 Å². The van der Waals surface area contributed by atoms with E-state index in [0.29, 0.717) is 37.3 Å². The molecule has 1 aromatic carbocycles. The summed E-state index contributed by atoms with van der Waals surface area (Å²) in [5, 5.41) is 14.3. The van der Waals surface area contributed by atoms with Crippen LogP contribution in [-0.2, 0) is 4.74 Å². The molecule has 0 unspecified atom stereocenters. The van der Waals surface area contributed by atoms with Crippen molar-refractivity contribution in [1.29, 1.82) is 0 Å². The van der Waals surface area contributed by atoms with Crippen LogP contribution in [-0.4, -0.2) is 30.8 Å². The molecule has 1 aliphatic carbocycles. The molecule has 1 saturated carbocycles. The maximum absolute atomic E-state index is 11.2. The summed E-state index contributed by atoms with van der Waals surface area (Å²) in [6.07, 6.45) is 5.08. The average molecular weight is 294 g/mol. The number of ether oxygens (including phenoxy) is 2. The third-order valence-corrected chi connectivity index (χ3v) is 3.55. The fourth-order valence-corrected chi connectivity index (χ4v) is 2.59. The van der Waals surface area contributed by atoms with Crippen molar-refractivity contribution < 1.29 is 14.4 Å². The second-order valence-electron chi connectivity index (χ2n) is 5.05. The Morgan fingerprint density at radius 2 is 2.14 bits per heavy atom. The molecule has 21 heavy (non-hydrogen) atoms. The van der Waals surface area contributed by atoms with Gasteiger partial charge in [0.25, 0.3) is 0 Å². The Morgan fingerprint density at radius 3 is 2.81 bits per heavy atom. The molecule has 1 aromatic rings. The van der Waals surface area contributed by atoms with Gasteiger partial charge in [-0.15, -0.1) is 0 Å². The number of nitro groups is 1. The van der Waals surface area contributed by atoms with Crippen LogP contribution in [0.2, 0.25) is 0 Å². The van der Waals surface area contributed by atoms with Crippen LogP contribution < -0.4 is 10.1 Å². The van der Waals surface area contributed by atoms with Gasteiger partial charge in [-0.05, 0) is 31.9 Å². The highest BCUT2D eigenvalue weighted by molar-refractivity contribution is 5.68. The van der Waals surface area contributed by atoms with Crippen molar-refractivity contribution in [3.63, 3.8) is 0 Å². The highest BCUT2D eigenvalue weighted by atomic mass is 16.6. The smallest absolute Gasteiger partial charge is 0.333 e. The molecule has 116 valence electrons. The number of nitrogens with one attached hydrogen (secondary N) is 1. The number of nitro benzene ring substituents is 1. The quantitative estimate of drug-likeness (QED) is 0.452. The minimum absolute atomic E-state index is 0.0137. The average Bonchev–Trinajstić information content (AvgIpc) is 2.97. The molecule has 0 amide bonds. The predicted octanol–water partition coefficient (Wildman–Crippen LogP) is 3.36. The fourth-order valence-electron chi connectivity index (χ4n) is 2.59. The summed E-state index contributed by atoms with van der Waals surface area (Å²) >= 11 is 0. The van der Waals surface area contributed by atoms with E-state index in [0.717, 1.165) is 12.8 Å². The van der Waals surface area contributed by atoms with Crippen LogP contribution in [0, 0.1) is 10.1 Å². The first-order chi connectivity index (χ1) is 10.2. The molecule has 0 spiro atoms. The van der Waals surface area contributed by atoms with Gasteiger partial charge in [-0.25, -0.2) is 0 Å². The Bertz CT molecular complexity index is 473. The van der Waals surface area contributed by atoms with E-state index in [1.165, 1.54) is 12.8 Å². The molecular weight excluding hydrogens is 272 g/mol. The summed E-state index contributed by atoms with van der Waals surface area (Å²) in [4.78, 5) is 10.8. The van der Waals surface area contributed by atoms with Crippen molar-refractivity contribution in [2.75, 3.05) is 25.1 Å². The van der Waals surface area contributed by atoms with Crippen LogP contribution >= 0.6 is 0 Å². The number of anilines is 1. The monoisotopic (exact) mass is 294 g/mol. The SMILES string of the molecule is CCOc1cccc(NCCOC2CCCC2)c1[N+](=O)[O-]. The Balaban J connectivity index is 1.92. The van der Waals surface area contributed by atoms with E-state index >= 15 is 0 Å². The zero-order valence-corrected chi connectivity index (χ0v) is 12.3. The van der Waals surface area contributed by atoms with E-state index in [9.17, 15) is 10.1 Å². The number of rotatable bonds is 8. The van der Waals surface area contributed by atoms with Gasteiger partial charge in [-0.3, -0.25) is 10.1 Å². The first-order valence-corrected chi connectivity index (χ1v) is 7.48. The van der Waals surface area contributed by atoms with E-state index in [2.05, 4.69) is 5.32 Å². The van der Waals surface area contributed by atoms with E-state index in [1.54, 1.807) is 25.1 Å². The second-order valence-corrected chi connectivity index (χ2v) is 5.05. The van der Waals surface area contributed by atoms with Crippen LogP contribution in [0.1, 0.15) is 32.6 Å². The molecule has 0 radical (unpaired) electrons. The Morgan fingerprint density at radius 1 is 1.38 bits per heavy atom. The minimum Gasteiger partial charge on any atom is -0.487 e. The maximum Gasteiger partial charge on any atom is 0.333 e. The van der Waals surface area contributed by atoms with E-state index in [1.807, 2.05) is 0 Å². The largest absolute Gasteiger partial charge is 0.487 e. The summed E-state index contributed by atoms with van der Waals surface area (Å²) in [5.41, 5.74) is 0.459. The number of para-hydroxylation sites is 1. The lowest BCUT2D eigenvalue weighted by atomic mass is 10.2. The van der Waals surface area contributed by atoms with Gasteiger partial charge in [0.1, 0.15) is 5.69 Å². The highest BCUT2D eigenvalue weighted by Crippen LogP contribution is 2.34. The number of nitrogens with zero attached hydrogens (tertiary/aromatic N) is 1. The number of hydrogen-bond acceptors (Lipinski definition) is 5. The summed E-state index contributed by atoms with van der Waals surface area (Å²) in [6.45, 7) is 3.31. The van der Waals surface area contributed by atoms with Gasteiger partial charge in [-0.1, -0.05) is 18.9 Å². The lowest BCUT2D eigenvalue weighted by Crippen LogP contribution is -2.16. The van der Waals surface area contributed by atoms with Crippen molar-refractivity contribution in [1.82, 2.24) is 0 Å². The first kappa shape index (κ1) is 15.6. The zero-order chi connectivity index (χ0) is 15.1. The van der Waals surface area contributed by atoms with Crippen molar-refractivity contribution >= 4 is 11.4 Å². The second kappa shape index (κ2) is 7.83. The minimum atomic E-state index is -0.412. The van der Waals surface area contributed by atoms with Gasteiger partial charge >= 0.3 is 5.69 Å². The van der Waals surface area contributed by atoms with Crippen molar-refractivity contribution in [2.24, 2.45) is 0 Å². The third kappa shape index (κ3) is 4.32. The normalized spacial score (nSPS) is 15.1. The zero-order valence-electron chi connectivity index (χ0n) is 12.3. The molecular formula is C15H22N2O4. The van der Waals surface area contributed by atoms with Crippen LogP contribution in [0.4, 0.5) is 11.4 Å².